The van der Waals surface area contributed by atoms with Crippen molar-refractivity contribution in [3.8, 4) is 0 Å². The highest BCUT2D eigenvalue weighted by atomic mass is 19.4. The van der Waals surface area contributed by atoms with Crippen LogP contribution >= 0.6 is 0 Å². The molecule has 1 atom stereocenters. The van der Waals surface area contributed by atoms with E-state index in [4.69, 9.17) is 5.84 Å². The second-order valence-corrected chi connectivity index (χ2v) is 3.75. The second kappa shape index (κ2) is 4.35. The molecule has 17 heavy (non-hydrogen) atoms. The van der Waals surface area contributed by atoms with E-state index in [2.05, 4.69) is 0 Å². The van der Waals surface area contributed by atoms with Crippen molar-refractivity contribution in [2.45, 2.75) is 12.2 Å². The average Bonchev–Trinajstić information content (AvgIpc) is 2.28. The molecule has 0 saturated carbocycles. The van der Waals surface area contributed by atoms with E-state index in [1.807, 2.05) is 12.1 Å². The van der Waals surface area contributed by atoms with Crippen LogP contribution < -0.4 is 11.3 Å². The summed E-state index contributed by atoms with van der Waals surface area (Å²) in [7, 11) is 0. The highest BCUT2D eigenvalue weighted by molar-refractivity contribution is 5.83. The maximum atomic E-state index is 12.7. The predicted molar refractivity (Wildman–Crippen MR) is 60.1 cm³/mol. The summed E-state index contributed by atoms with van der Waals surface area (Å²) >= 11 is 0. The van der Waals surface area contributed by atoms with E-state index in [9.17, 15) is 13.2 Å². The van der Waals surface area contributed by atoms with Gasteiger partial charge in [0.1, 0.15) is 6.04 Å². The Balaban J connectivity index is 2.48. The molecular weight excluding hydrogens is 229 g/mol. The van der Waals surface area contributed by atoms with Gasteiger partial charge in [-0.3, -0.25) is 5.84 Å². The summed E-state index contributed by atoms with van der Waals surface area (Å²) in [5.74, 6) is 4.97. The summed E-state index contributed by atoms with van der Waals surface area (Å²) in [6.45, 7) is 0. The van der Waals surface area contributed by atoms with Crippen molar-refractivity contribution in [3.05, 3.63) is 48.0 Å². The van der Waals surface area contributed by atoms with Crippen LogP contribution in [0.3, 0.4) is 0 Å². The van der Waals surface area contributed by atoms with Crippen LogP contribution in [0.25, 0.3) is 10.8 Å². The number of hydrogen-bond acceptors (Lipinski definition) is 2. The Morgan fingerprint density at radius 2 is 1.65 bits per heavy atom. The molecule has 2 nitrogen and oxygen atoms in total. The molecule has 2 aromatic carbocycles. The van der Waals surface area contributed by atoms with Gasteiger partial charge in [-0.25, -0.2) is 5.43 Å². The Kier molecular flexibility index (Phi) is 3.04. The smallest absolute Gasteiger partial charge is 0.271 e. The van der Waals surface area contributed by atoms with Crippen molar-refractivity contribution in [2.75, 3.05) is 0 Å². The van der Waals surface area contributed by atoms with Crippen LogP contribution in [0, 0.1) is 0 Å². The van der Waals surface area contributed by atoms with Crippen LogP contribution in [0.1, 0.15) is 11.6 Å². The third-order valence-electron chi connectivity index (χ3n) is 2.60. The Bertz CT molecular complexity index is 522. The molecule has 2 aromatic rings. The quantitative estimate of drug-likeness (QED) is 0.625. The summed E-state index contributed by atoms with van der Waals surface area (Å²) < 4.78 is 38.0. The molecule has 0 aliphatic rings. The normalized spacial score (nSPS) is 13.9. The lowest BCUT2D eigenvalue weighted by Crippen LogP contribution is -2.38. The van der Waals surface area contributed by atoms with Crippen LogP contribution in [0.2, 0.25) is 0 Å². The number of benzene rings is 2. The molecule has 0 spiro atoms. The van der Waals surface area contributed by atoms with Crippen molar-refractivity contribution in [2.24, 2.45) is 5.84 Å². The third-order valence-corrected chi connectivity index (χ3v) is 2.60. The molecule has 3 N–H and O–H groups in total. The van der Waals surface area contributed by atoms with Crippen LogP contribution in [-0.2, 0) is 0 Å². The van der Waals surface area contributed by atoms with Gasteiger partial charge in [0, 0.05) is 0 Å². The standard InChI is InChI=1S/C12H11F3N2/c13-12(14,15)11(17-16)10-6-5-8-3-1-2-4-9(8)7-10/h1-7,11,17H,16H2. The van der Waals surface area contributed by atoms with Crippen LogP contribution in [-0.4, -0.2) is 6.18 Å². The minimum absolute atomic E-state index is 0.110. The monoisotopic (exact) mass is 240 g/mol. The zero-order chi connectivity index (χ0) is 12.5. The fraction of sp³-hybridized carbons (Fsp3) is 0.167. The average molecular weight is 240 g/mol. The van der Waals surface area contributed by atoms with Crippen molar-refractivity contribution in [1.29, 1.82) is 0 Å². The number of rotatable bonds is 2. The maximum Gasteiger partial charge on any atom is 0.409 e. The lowest BCUT2D eigenvalue weighted by Gasteiger charge is -2.19. The van der Waals surface area contributed by atoms with E-state index in [1.54, 1.807) is 23.6 Å². The fourth-order valence-corrected chi connectivity index (χ4v) is 1.77. The molecule has 0 radical (unpaired) electrons. The summed E-state index contributed by atoms with van der Waals surface area (Å²) in [5, 5.41) is 1.66. The molecule has 1 unspecified atom stereocenters. The van der Waals surface area contributed by atoms with Crippen LogP contribution in [0.4, 0.5) is 13.2 Å². The van der Waals surface area contributed by atoms with Crippen molar-refractivity contribution >= 4 is 10.8 Å². The van der Waals surface area contributed by atoms with Gasteiger partial charge in [0.15, 0.2) is 0 Å². The molecule has 0 bridgehead atoms. The highest BCUT2D eigenvalue weighted by Crippen LogP contribution is 2.33. The summed E-state index contributed by atoms with van der Waals surface area (Å²) in [6.07, 6.45) is -4.41. The van der Waals surface area contributed by atoms with Gasteiger partial charge in [0.2, 0.25) is 0 Å². The van der Waals surface area contributed by atoms with Gasteiger partial charge in [0.05, 0.1) is 0 Å². The van der Waals surface area contributed by atoms with E-state index < -0.39 is 12.2 Å². The van der Waals surface area contributed by atoms with E-state index in [0.717, 1.165) is 10.8 Å². The fourth-order valence-electron chi connectivity index (χ4n) is 1.77. The number of nitrogens with one attached hydrogen (secondary N) is 1. The van der Waals surface area contributed by atoms with Crippen molar-refractivity contribution in [3.63, 3.8) is 0 Å². The SMILES string of the molecule is NNC(c1ccc2ccccc2c1)C(F)(F)F. The summed E-state index contributed by atoms with van der Waals surface area (Å²) in [4.78, 5) is 0. The molecule has 0 aromatic heterocycles. The Hall–Kier alpha value is -1.59. The van der Waals surface area contributed by atoms with Crippen molar-refractivity contribution in [1.82, 2.24) is 5.43 Å². The number of halogens is 3. The maximum absolute atomic E-state index is 12.7. The topological polar surface area (TPSA) is 38.0 Å². The van der Waals surface area contributed by atoms with Gasteiger partial charge < -0.3 is 0 Å². The lowest BCUT2D eigenvalue weighted by molar-refractivity contribution is -0.157. The molecule has 0 fully saturated rings. The predicted octanol–water partition coefficient (Wildman–Crippen LogP) is 2.91. The Morgan fingerprint density at radius 3 is 2.24 bits per heavy atom. The molecule has 5 heteroatoms. The van der Waals surface area contributed by atoms with Crippen LogP contribution in [0.5, 0.6) is 0 Å². The first-order valence-electron chi connectivity index (χ1n) is 5.04. The molecule has 0 aliphatic carbocycles. The number of nitrogens with two attached hydrogens (primary N) is 1. The minimum atomic E-state index is -4.41. The van der Waals surface area contributed by atoms with Gasteiger partial charge >= 0.3 is 6.18 Å². The largest absolute Gasteiger partial charge is 0.409 e. The number of hydrogen-bond donors (Lipinski definition) is 2. The van der Waals surface area contributed by atoms with E-state index in [-0.39, 0.29) is 5.56 Å². The van der Waals surface area contributed by atoms with Gasteiger partial charge in [0.25, 0.3) is 0 Å². The van der Waals surface area contributed by atoms with Gasteiger partial charge in [-0.1, -0.05) is 36.4 Å². The first-order chi connectivity index (χ1) is 8.02. The first kappa shape index (κ1) is 11.9. The molecule has 90 valence electrons. The first-order valence-corrected chi connectivity index (χ1v) is 5.04. The Morgan fingerprint density at radius 1 is 1.00 bits per heavy atom. The number of fused-ring (bicyclic) bond motifs is 1. The zero-order valence-corrected chi connectivity index (χ0v) is 8.83. The molecular formula is C12H11F3N2. The molecule has 0 heterocycles. The zero-order valence-electron chi connectivity index (χ0n) is 8.83. The van der Waals surface area contributed by atoms with Crippen LogP contribution in [0.15, 0.2) is 42.5 Å². The molecule has 0 saturated heterocycles. The van der Waals surface area contributed by atoms with Gasteiger partial charge in [-0.2, -0.15) is 13.2 Å². The summed E-state index contributed by atoms with van der Waals surface area (Å²) in [6, 6.07) is 9.97. The minimum Gasteiger partial charge on any atom is -0.271 e. The van der Waals surface area contributed by atoms with E-state index in [1.165, 1.54) is 12.1 Å². The highest BCUT2D eigenvalue weighted by Gasteiger charge is 2.40. The van der Waals surface area contributed by atoms with Crippen molar-refractivity contribution < 1.29 is 13.2 Å². The third kappa shape index (κ3) is 2.40. The Labute approximate surface area is 96.2 Å². The molecule has 2 rings (SSSR count). The van der Waals surface area contributed by atoms with Gasteiger partial charge in [-0.05, 0) is 22.4 Å². The van der Waals surface area contributed by atoms with Gasteiger partial charge in [-0.15, -0.1) is 0 Å². The van der Waals surface area contributed by atoms with E-state index >= 15 is 0 Å². The number of hydrazine groups is 1. The second-order valence-electron chi connectivity index (χ2n) is 3.75. The number of alkyl halides is 3. The molecule has 0 amide bonds. The lowest BCUT2D eigenvalue weighted by atomic mass is 10.0. The summed E-state index contributed by atoms with van der Waals surface area (Å²) in [5.41, 5.74) is 1.91. The molecule has 0 aliphatic heterocycles. The van der Waals surface area contributed by atoms with E-state index in [0.29, 0.717) is 0 Å².